The lowest BCUT2D eigenvalue weighted by molar-refractivity contribution is 0.0593. The lowest BCUT2D eigenvalue weighted by Crippen LogP contribution is -2.46. The lowest BCUT2D eigenvalue weighted by Gasteiger charge is -2.34. The predicted octanol–water partition coefficient (Wildman–Crippen LogP) is 3.69. The zero-order valence-corrected chi connectivity index (χ0v) is 20.3. The first kappa shape index (κ1) is 23.5. The van der Waals surface area contributed by atoms with Gasteiger partial charge in [-0.05, 0) is 38.8 Å². The van der Waals surface area contributed by atoms with Crippen molar-refractivity contribution in [2.45, 2.75) is 45.3 Å². The third-order valence-electron chi connectivity index (χ3n) is 5.69. The van der Waals surface area contributed by atoms with Crippen molar-refractivity contribution in [1.29, 1.82) is 0 Å². The molecule has 0 aliphatic carbocycles. The van der Waals surface area contributed by atoms with E-state index in [0.717, 1.165) is 30.8 Å². The molecule has 1 aliphatic heterocycles. The maximum absolute atomic E-state index is 13.1. The fraction of sp³-hybridized carbons (Fsp3) is 0.455. The fourth-order valence-electron chi connectivity index (χ4n) is 3.85. The number of rotatable bonds is 7. The van der Waals surface area contributed by atoms with Crippen molar-refractivity contribution in [1.82, 2.24) is 25.2 Å². The number of esters is 1. The molecule has 1 aliphatic rings. The number of carbonyl (C=O) groups is 2. The highest BCUT2D eigenvalue weighted by atomic mass is 35.5. The van der Waals surface area contributed by atoms with Crippen LogP contribution in [0.3, 0.4) is 0 Å². The first-order valence-corrected chi connectivity index (χ1v) is 12.0. The van der Waals surface area contributed by atoms with Gasteiger partial charge in [0.2, 0.25) is 0 Å². The monoisotopic (exact) mass is 491 g/mol. The molecule has 0 bridgehead atoms. The second-order valence-corrected chi connectivity index (χ2v) is 9.94. The van der Waals surface area contributed by atoms with Crippen molar-refractivity contribution in [3.63, 3.8) is 0 Å². The van der Waals surface area contributed by atoms with Crippen molar-refractivity contribution < 1.29 is 18.8 Å². The van der Waals surface area contributed by atoms with E-state index in [4.69, 9.17) is 20.9 Å². The molecule has 0 atom stereocenters. The number of amides is 1. The van der Waals surface area contributed by atoms with E-state index in [1.807, 2.05) is 6.07 Å². The van der Waals surface area contributed by atoms with E-state index in [-0.39, 0.29) is 29.9 Å². The largest absolute Gasteiger partial charge is 0.464 e. The van der Waals surface area contributed by atoms with Crippen LogP contribution in [0.15, 0.2) is 28.8 Å². The molecular formula is C22H26ClN5O4S. The summed E-state index contributed by atoms with van der Waals surface area (Å²) in [6, 6.07) is 7.41. The molecule has 1 amide bonds. The summed E-state index contributed by atoms with van der Waals surface area (Å²) in [6.07, 6.45) is 1.75. The van der Waals surface area contributed by atoms with Crippen molar-refractivity contribution in [3.05, 3.63) is 45.7 Å². The topological polar surface area (TPSA) is 102 Å². The molecule has 1 fully saturated rings. The molecule has 1 N–H and O–H groups in total. The van der Waals surface area contributed by atoms with E-state index in [9.17, 15) is 9.59 Å². The number of thiophene rings is 1. The Morgan fingerprint density at radius 1 is 1.30 bits per heavy atom. The maximum Gasteiger partial charge on any atom is 0.358 e. The SMILES string of the molecule is COC(=O)c1cc(C(=O)NC2CCN(C(C)C)CC2)n(Cc2cc(-c3ccc(Cl)s3)on2)n1. The standard InChI is InChI=1S/C22H26ClN5O4S/c1-13(2)27-8-6-14(7-9-27)24-21(29)17-11-16(22(30)31-3)25-28(17)12-15-10-18(32-26-15)19-4-5-20(23)33-19/h4-5,10-11,13-14H,6-9,12H2,1-3H3,(H,24,29). The highest BCUT2D eigenvalue weighted by molar-refractivity contribution is 7.19. The number of carbonyl (C=O) groups excluding carboxylic acids is 2. The minimum atomic E-state index is -0.609. The Kier molecular flexibility index (Phi) is 7.16. The number of hydrogen-bond donors (Lipinski definition) is 1. The quantitative estimate of drug-likeness (QED) is 0.503. The maximum atomic E-state index is 13.1. The van der Waals surface area contributed by atoms with Crippen molar-refractivity contribution in [3.8, 4) is 10.6 Å². The van der Waals surface area contributed by atoms with E-state index in [2.05, 4.69) is 34.3 Å². The summed E-state index contributed by atoms with van der Waals surface area (Å²) in [5.74, 6) is -0.318. The molecule has 3 aromatic heterocycles. The molecule has 0 unspecified atom stereocenters. The Bertz CT molecular complexity index is 1130. The summed E-state index contributed by atoms with van der Waals surface area (Å²) in [6.45, 7) is 6.38. The second-order valence-electron chi connectivity index (χ2n) is 8.23. The minimum absolute atomic E-state index is 0.0611. The zero-order chi connectivity index (χ0) is 23.5. The highest BCUT2D eigenvalue weighted by Gasteiger charge is 2.26. The molecule has 33 heavy (non-hydrogen) atoms. The van der Waals surface area contributed by atoms with Crippen LogP contribution in [0.2, 0.25) is 4.34 Å². The number of likely N-dealkylation sites (tertiary alicyclic amines) is 1. The Hall–Kier alpha value is -2.69. The Labute approximate surface area is 200 Å². The molecule has 3 aromatic rings. The van der Waals surface area contributed by atoms with E-state index < -0.39 is 5.97 Å². The van der Waals surface area contributed by atoms with Gasteiger partial charge in [-0.25, -0.2) is 4.79 Å². The van der Waals surface area contributed by atoms with Crippen molar-refractivity contribution >= 4 is 34.8 Å². The summed E-state index contributed by atoms with van der Waals surface area (Å²) < 4.78 is 12.3. The summed E-state index contributed by atoms with van der Waals surface area (Å²) in [4.78, 5) is 28.4. The molecule has 0 aromatic carbocycles. The molecule has 0 radical (unpaired) electrons. The fourth-order valence-corrected chi connectivity index (χ4v) is 4.84. The van der Waals surface area contributed by atoms with Gasteiger partial charge in [-0.15, -0.1) is 11.3 Å². The van der Waals surface area contributed by atoms with Gasteiger partial charge in [0, 0.05) is 37.3 Å². The van der Waals surface area contributed by atoms with Gasteiger partial charge in [-0.1, -0.05) is 16.8 Å². The van der Waals surface area contributed by atoms with Gasteiger partial charge in [-0.2, -0.15) is 5.10 Å². The average molecular weight is 492 g/mol. The molecular weight excluding hydrogens is 466 g/mol. The summed E-state index contributed by atoms with van der Waals surface area (Å²) in [7, 11) is 1.28. The summed E-state index contributed by atoms with van der Waals surface area (Å²) in [5, 5.41) is 11.5. The predicted molar refractivity (Wildman–Crippen MR) is 125 cm³/mol. The van der Waals surface area contributed by atoms with Crippen LogP contribution in [0.1, 0.15) is 53.4 Å². The van der Waals surface area contributed by atoms with Crippen LogP contribution in [0.4, 0.5) is 0 Å². The molecule has 9 nitrogen and oxygen atoms in total. The molecule has 11 heteroatoms. The highest BCUT2D eigenvalue weighted by Crippen LogP contribution is 2.31. The molecule has 0 saturated carbocycles. The minimum Gasteiger partial charge on any atom is -0.464 e. The van der Waals surface area contributed by atoms with Gasteiger partial charge in [0.05, 0.1) is 22.9 Å². The van der Waals surface area contributed by atoms with Crippen LogP contribution in [0, 0.1) is 0 Å². The van der Waals surface area contributed by atoms with Gasteiger partial charge >= 0.3 is 5.97 Å². The smallest absolute Gasteiger partial charge is 0.358 e. The number of hydrogen-bond acceptors (Lipinski definition) is 8. The number of piperidine rings is 1. The third kappa shape index (κ3) is 5.45. The number of nitrogens with one attached hydrogen (secondary N) is 1. The number of methoxy groups -OCH3 is 1. The second kappa shape index (κ2) is 10.1. The Morgan fingerprint density at radius 3 is 2.70 bits per heavy atom. The zero-order valence-electron chi connectivity index (χ0n) is 18.7. The molecule has 1 saturated heterocycles. The van der Waals surface area contributed by atoms with Crippen LogP contribution in [-0.2, 0) is 11.3 Å². The summed E-state index contributed by atoms with van der Waals surface area (Å²) in [5.41, 5.74) is 0.893. The average Bonchev–Trinajstić information content (AvgIpc) is 3.54. The van der Waals surface area contributed by atoms with Crippen LogP contribution < -0.4 is 5.32 Å². The first-order valence-electron chi connectivity index (χ1n) is 10.8. The molecule has 0 spiro atoms. The summed E-state index contributed by atoms with van der Waals surface area (Å²) >= 11 is 7.38. The van der Waals surface area contributed by atoms with Gasteiger partial charge in [0.1, 0.15) is 11.4 Å². The third-order valence-corrected chi connectivity index (χ3v) is 6.93. The van der Waals surface area contributed by atoms with Crippen LogP contribution in [0.5, 0.6) is 0 Å². The Morgan fingerprint density at radius 2 is 2.06 bits per heavy atom. The number of ether oxygens (including phenoxy) is 1. The van der Waals surface area contributed by atoms with E-state index in [1.165, 1.54) is 29.2 Å². The van der Waals surface area contributed by atoms with Crippen molar-refractivity contribution in [2.24, 2.45) is 0 Å². The van der Waals surface area contributed by atoms with E-state index in [1.54, 1.807) is 12.1 Å². The molecule has 4 rings (SSSR count). The molecule has 4 heterocycles. The van der Waals surface area contributed by atoms with Crippen LogP contribution >= 0.6 is 22.9 Å². The van der Waals surface area contributed by atoms with Gasteiger partial charge in [0.25, 0.3) is 5.91 Å². The Balaban J connectivity index is 1.51. The van der Waals surface area contributed by atoms with Gasteiger partial charge in [0.15, 0.2) is 11.5 Å². The van der Waals surface area contributed by atoms with E-state index >= 15 is 0 Å². The number of halogens is 1. The number of aromatic nitrogens is 3. The van der Waals surface area contributed by atoms with E-state index in [0.29, 0.717) is 21.8 Å². The van der Waals surface area contributed by atoms with Crippen LogP contribution in [-0.4, -0.2) is 64.0 Å². The number of nitrogens with zero attached hydrogens (tertiary/aromatic N) is 4. The van der Waals surface area contributed by atoms with Gasteiger partial charge < -0.3 is 19.5 Å². The first-order chi connectivity index (χ1) is 15.8. The lowest BCUT2D eigenvalue weighted by atomic mass is 10.0. The molecule has 176 valence electrons. The van der Waals surface area contributed by atoms with Crippen molar-refractivity contribution in [2.75, 3.05) is 20.2 Å². The van der Waals surface area contributed by atoms with Gasteiger partial charge in [-0.3, -0.25) is 9.48 Å². The normalized spacial score (nSPS) is 15.2. The van der Waals surface area contributed by atoms with Crippen LogP contribution in [0.25, 0.3) is 10.6 Å².